The Kier molecular flexibility index (Phi) is 4.91. The highest BCUT2D eigenvalue weighted by Crippen LogP contribution is 2.14. The number of hydrazine groups is 1. The van der Waals surface area contributed by atoms with E-state index in [4.69, 9.17) is 4.42 Å². The standard InChI is InChI=1S/C17H13N3O4S/c21-15(19-20-16(22)13-3-1-9-24-13)11-5-7-12(8-6-11)18-17(23)14-4-2-10-25-14/h1-10H,(H,18,23)(H,19,21)(H,20,22). The third-order valence-corrected chi connectivity index (χ3v) is 4.05. The van der Waals surface area contributed by atoms with Gasteiger partial charge in [0.25, 0.3) is 11.8 Å². The highest BCUT2D eigenvalue weighted by atomic mass is 32.1. The van der Waals surface area contributed by atoms with Crippen molar-refractivity contribution in [2.24, 2.45) is 0 Å². The molecule has 25 heavy (non-hydrogen) atoms. The SMILES string of the molecule is O=C(NNC(=O)c1ccco1)c1ccc(NC(=O)c2cccs2)cc1. The number of carbonyl (C=O) groups is 3. The van der Waals surface area contributed by atoms with Gasteiger partial charge >= 0.3 is 5.91 Å². The predicted molar refractivity (Wildman–Crippen MR) is 92.4 cm³/mol. The molecule has 0 aliphatic heterocycles. The van der Waals surface area contributed by atoms with Crippen LogP contribution in [-0.2, 0) is 0 Å². The summed E-state index contributed by atoms with van der Waals surface area (Å²) in [5, 5.41) is 4.56. The van der Waals surface area contributed by atoms with E-state index >= 15 is 0 Å². The molecule has 126 valence electrons. The average molecular weight is 355 g/mol. The van der Waals surface area contributed by atoms with Crippen LogP contribution < -0.4 is 16.2 Å². The molecule has 0 atom stereocenters. The minimum atomic E-state index is -0.557. The first-order chi connectivity index (χ1) is 12.1. The van der Waals surface area contributed by atoms with Crippen molar-refractivity contribution >= 4 is 34.7 Å². The number of benzene rings is 1. The second-order valence-corrected chi connectivity index (χ2v) is 5.84. The van der Waals surface area contributed by atoms with Crippen LogP contribution in [0.1, 0.15) is 30.6 Å². The lowest BCUT2D eigenvalue weighted by atomic mass is 10.2. The lowest BCUT2D eigenvalue weighted by Crippen LogP contribution is -2.41. The van der Waals surface area contributed by atoms with E-state index in [1.165, 1.54) is 23.7 Å². The van der Waals surface area contributed by atoms with Crippen LogP contribution in [0.25, 0.3) is 0 Å². The Hall–Kier alpha value is -3.39. The van der Waals surface area contributed by atoms with Crippen LogP contribution in [0.4, 0.5) is 5.69 Å². The van der Waals surface area contributed by atoms with Gasteiger partial charge in [-0.05, 0) is 47.8 Å². The minimum absolute atomic E-state index is 0.0898. The van der Waals surface area contributed by atoms with E-state index in [0.717, 1.165) is 0 Å². The van der Waals surface area contributed by atoms with Crippen LogP contribution in [0, 0.1) is 0 Å². The number of thiophene rings is 1. The van der Waals surface area contributed by atoms with E-state index < -0.39 is 11.8 Å². The molecule has 0 saturated carbocycles. The number of nitrogens with one attached hydrogen (secondary N) is 3. The topological polar surface area (TPSA) is 100 Å². The summed E-state index contributed by atoms with van der Waals surface area (Å²) in [5.74, 6) is -1.17. The van der Waals surface area contributed by atoms with E-state index in [2.05, 4.69) is 16.2 Å². The van der Waals surface area contributed by atoms with Crippen LogP contribution in [0.2, 0.25) is 0 Å². The van der Waals surface area contributed by atoms with Crippen molar-refractivity contribution in [3.8, 4) is 0 Å². The maximum absolute atomic E-state index is 12.0. The zero-order valence-electron chi connectivity index (χ0n) is 12.8. The quantitative estimate of drug-likeness (QED) is 0.626. The van der Waals surface area contributed by atoms with Crippen LogP contribution in [-0.4, -0.2) is 17.7 Å². The average Bonchev–Trinajstić information content (AvgIpc) is 3.33. The molecule has 2 heterocycles. The smallest absolute Gasteiger partial charge is 0.305 e. The van der Waals surface area contributed by atoms with Crippen molar-refractivity contribution in [1.29, 1.82) is 0 Å². The second kappa shape index (κ2) is 7.45. The monoisotopic (exact) mass is 355 g/mol. The molecule has 0 fully saturated rings. The Morgan fingerprint density at radius 3 is 2.24 bits per heavy atom. The fourth-order valence-electron chi connectivity index (χ4n) is 1.96. The summed E-state index contributed by atoms with van der Waals surface area (Å²) in [6.45, 7) is 0. The van der Waals surface area contributed by atoms with Crippen molar-refractivity contribution in [2.45, 2.75) is 0 Å². The molecular formula is C17H13N3O4S. The molecule has 0 unspecified atom stereocenters. The van der Waals surface area contributed by atoms with Gasteiger partial charge in [0.05, 0.1) is 11.1 Å². The third kappa shape index (κ3) is 4.12. The molecule has 7 nitrogen and oxygen atoms in total. The van der Waals surface area contributed by atoms with Crippen molar-refractivity contribution in [1.82, 2.24) is 10.9 Å². The van der Waals surface area contributed by atoms with Crippen molar-refractivity contribution in [3.63, 3.8) is 0 Å². The number of anilines is 1. The van der Waals surface area contributed by atoms with E-state index in [-0.39, 0.29) is 11.7 Å². The molecule has 8 heteroatoms. The number of amides is 3. The molecule has 0 radical (unpaired) electrons. The number of carbonyl (C=O) groups excluding carboxylic acids is 3. The lowest BCUT2D eigenvalue weighted by Gasteiger charge is -2.07. The van der Waals surface area contributed by atoms with Crippen LogP contribution in [0.5, 0.6) is 0 Å². The number of rotatable bonds is 4. The molecule has 3 amide bonds. The highest BCUT2D eigenvalue weighted by molar-refractivity contribution is 7.12. The van der Waals surface area contributed by atoms with Crippen LogP contribution in [0.3, 0.4) is 0 Å². The van der Waals surface area contributed by atoms with Gasteiger partial charge in [0.15, 0.2) is 5.76 Å². The highest BCUT2D eigenvalue weighted by Gasteiger charge is 2.11. The Morgan fingerprint density at radius 2 is 1.60 bits per heavy atom. The van der Waals surface area contributed by atoms with E-state index in [1.54, 1.807) is 42.5 Å². The molecule has 0 spiro atoms. The predicted octanol–water partition coefficient (Wildman–Crippen LogP) is 2.67. The zero-order valence-corrected chi connectivity index (χ0v) is 13.6. The minimum Gasteiger partial charge on any atom is -0.459 e. The van der Waals surface area contributed by atoms with Gasteiger partial charge in [0.1, 0.15) is 0 Å². The van der Waals surface area contributed by atoms with Crippen molar-refractivity contribution in [2.75, 3.05) is 5.32 Å². The van der Waals surface area contributed by atoms with Gasteiger partial charge in [-0.25, -0.2) is 0 Å². The molecule has 0 aliphatic carbocycles. The molecule has 1 aromatic carbocycles. The molecule has 0 bridgehead atoms. The first kappa shape index (κ1) is 16.5. The normalized spacial score (nSPS) is 10.1. The molecule has 0 aliphatic rings. The fraction of sp³-hybridized carbons (Fsp3) is 0. The summed E-state index contributed by atoms with van der Waals surface area (Å²) in [4.78, 5) is 36.2. The van der Waals surface area contributed by atoms with Crippen LogP contribution >= 0.6 is 11.3 Å². The molecule has 3 aromatic rings. The van der Waals surface area contributed by atoms with Gasteiger partial charge in [-0.15, -0.1) is 11.3 Å². The zero-order chi connectivity index (χ0) is 17.6. The Labute approximate surface area is 146 Å². The first-order valence-corrected chi connectivity index (χ1v) is 8.10. The second-order valence-electron chi connectivity index (χ2n) is 4.89. The van der Waals surface area contributed by atoms with Crippen LogP contribution in [0.15, 0.2) is 64.6 Å². The van der Waals surface area contributed by atoms with E-state index in [9.17, 15) is 14.4 Å². The maximum atomic E-state index is 12.0. The Morgan fingerprint density at radius 1 is 0.840 bits per heavy atom. The summed E-state index contributed by atoms with van der Waals surface area (Å²) in [7, 11) is 0. The molecule has 3 rings (SSSR count). The van der Waals surface area contributed by atoms with E-state index in [1.807, 2.05) is 5.38 Å². The first-order valence-electron chi connectivity index (χ1n) is 7.22. The molecular weight excluding hydrogens is 342 g/mol. The third-order valence-electron chi connectivity index (χ3n) is 3.18. The Bertz CT molecular complexity index is 871. The van der Waals surface area contributed by atoms with E-state index in [0.29, 0.717) is 16.1 Å². The van der Waals surface area contributed by atoms with Gasteiger partial charge in [-0.1, -0.05) is 6.07 Å². The van der Waals surface area contributed by atoms with Gasteiger partial charge < -0.3 is 9.73 Å². The number of hydrogen-bond donors (Lipinski definition) is 3. The Balaban J connectivity index is 1.55. The molecule has 2 aromatic heterocycles. The number of furan rings is 1. The van der Waals surface area contributed by atoms with Crippen molar-refractivity contribution in [3.05, 3.63) is 76.4 Å². The van der Waals surface area contributed by atoms with Gasteiger partial charge in [-0.3, -0.25) is 25.2 Å². The fourth-order valence-corrected chi connectivity index (χ4v) is 2.58. The summed E-state index contributed by atoms with van der Waals surface area (Å²) < 4.78 is 4.91. The number of hydrogen-bond acceptors (Lipinski definition) is 5. The summed E-state index contributed by atoms with van der Waals surface area (Å²) in [5.41, 5.74) is 5.43. The summed E-state index contributed by atoms with van der Waals surface area (Å²) in [6.07, 6.45) is 1.36. The van der Waals surface area contributed by atoms with Crippen molar-refractivity contribution < 1.29 is 18.8 Å². The summed E-state index contributed by atoms with van der Waals surface area (Å²) in [6, 6.07) is 12.9. The molecule has 3 N–H and O–H groups in total. The molecule has 0 saturated heterocycles. The maximum Gasteiger partial charge on any atom is 0.305 e. The largest absolute Gasteiger partial charge is 0.459 e. The lowest BCUT2D eigenvalue weighted by molar-refractivity contribution is 0.0831. The van der Waals surface area contributed by atoms with Gasteiger partial charge in [0, 0.05) is 11.3 Å². The van der Waals surface area contributed by atoms with Gasteiger partial charge in [0.2, 0.25) is 0 Å². The van der Waals surface area contributed by atoms with Gasteiger partial charge in [-0.2, -0.15) is 0 Å². The summed E-state index contributed by atoms with van der Waals surface area (Å²) >= 11 is 1.34.